The molecule has 0 aromatic heterocycles. The van der Waals surface area contributed by atoms with Crippen molar-refractivity contribution >= 4 is 6.08 Å². The van der Waals surface area contributed by atoms with Gasteiger partial charge in [0.05, 0.1) is 7.11 Å². The fraction of sp³-hybridized carbons (Fsp3) is 0.467. The summed E-state index contributed by atoms with van der Waals surface area (Å²) >= 11 is 0. The highest BCUT2D eigenvalue weighted by Gasteiger charge is 2.06. The second-order valence-electron chi connectivity index (χ2n) is 4.50. The Morgan fingerprint density at radius 2 is 2.06 bits per heavy atom. The van der Waals surface area contributed by atoms with Gasteiger partial charge in [-0.25, -0.2) is 5.32 Å². The Kier molecular flexibility index (Phi) is 5.24. The van der Waals surface area contributed by atoms with Gasteiger partial charge in [0, 0.05) is 26.2 Å². The minimum atomic E-state index is 0.904. The molecule has 2 rings (SSSR count). The molecule has 1 aliphatic heterocycles. The lowest BCUT2D eigenvalue weighted by Crippen LogP contribution is -2.27. The Labute approximate surface area is 109 Å². The van der Waals surface area contributed by atoms with Crippen LogP contribution in [0.15, 0.2) is 30.3 Å². The van der Waals surface area contributed by atoms with E-state index in [4.69, 9.17) is 4.74 Å². The van der Waals surface area contributed by atoms with E-state index in [0.717, 1.165) is 38.5 Å². The van der Waals surface area contributed by atoms with Crippen LogP contribution in [0.5, 0.6) is 5.75 Å². The third-order valence-electron chi connectivity index (χ3n) is 3.15. The molecule has 0 N–H and O–H groups in total. The fourth-order valence-electron chi connectivity index (χ4n) is 2.08. The van der Waals surface area contributed by atoms with Crippen LogP contribution in [-0.2, 0) is 0 Å². The van der Waals surface area contributed by atoms with Gasteiger partial charge in [0.25, 0.3) is 0 Å². The Bertz CT molecular complexity index is 365. The summed E-state index contributed by atoms with van der Waals surface area (Å²) in [6.45, 7) is 5.28. The van der Waals surface area contributed by atoms with E-state index in [9.17, 15) is 0 Å². The normalized spacial score (nSPS) is 17.8. The van der Waals surface area contributed by atoms with Gasteiger partial charge in [0.1, 0.15) is 5.75 Å². The molecule has 1 radical (unpaired) electrons. The van der Waals surface area contributed by atoms with Crippen molar-refractivity contribution in [2.75, 3.05) is 39.8 Å². The second kappa shape index (κ2) is 7.19. The van der Waals surface area contributed by atoms with Crippen molar-refractivity contribution in [1.29, 1.82) is 0 Å². The largest absolute Gasteiger partial charge is 0.497 e. The van der Waals surface area contributed by atoms with Crippen LogP contribution in [0, 0.1) is 0 Å². The number of hydrogen-bond acceptors (Lipinski definition) is 2. The summed E-state index contributed by atoms with van der Waals surface area (Å²) in [4.78, 5) is 2.45. The van der Waals surface area contributed by atoms with Gasteiger partial charge in [-0.1, -0.05) is 24.3 Å². The van der Waals surface area contributed by atoms with Crippen molar-refractivity contribution in [2.24, 2.45) is 0 Å². The predicted octanol–water partition coefficient (Wildman–Crippen LogP) is 2.02. The number of benzene rings is 1. The van der Waals surface area contributed by atoms with Gasteiger partial charge in [-0.2, -0.15) is 0 Å². The van der Waals surface area contributed by atoms with E-state index in [0.29, 0.717) is 0 Å². The van der Waals surface area contributed by atoms with E-state index >= 15 is 0 Å². The highest BCUT2D eigenvalue weighted by Crippen LogP contribution is 2.12. The summed E-state index contributed by atoms with van der Waals surface area (Å²) in [5, 5.41) is 4.43. The number of nitrogens with zero attached hydrogens (tertiary/aromatic N) is 2. The molecule has 1 aliphatic rings. The Morgan fingerprint density at radius 3 is 2.83 bits per heavy atom. The standard InChI is InChI=1S/C15H21N2O/c1-18-15-7-5-14(6-8-15)4-2-11-17-12-3-9-16-10-13-17/h2,4-8H,3,9-13H2,1H3. The molecule has 0 spiro atoms. The van der Waals surface area contributed by atoms with Crippen molar-refractivity contribution in [3.8, 4) is 5.75 Å². The molecule has 1 aromatic carbocycles. The lowest BCUT2D eigenvalue weighted by Gasteiger charge is -2.16. The zero-order chi connectivity index (χ0) is 12.6. The highest BCUT2D eigenvalue weighted by atomic mass is 16.5. The quantitative estimate of drug-likeness (QED) is 0.811. The molecule has 1 heterocycles. The van der Waals surface area contributed by atoms with Crippen molar-refractivity contribution < 1.29 is 4.74 Å². The third kappa shape index (κ3) is 4.17. The lowest BCUT2D eigenvalue weighted by atomic mass is 10.2. The van der Waals surface area contributed by atoms with E-state index in [1.807, 2.05) is 12.1 Å². The average Bonchev–Trinajstić information content (AvgIpc) is 2.68. The molecule has 97 valence electrons. The van der Waals surface area contributed by atoms with Crippen molar-refractivity contribution in [3.05, 3.63) is 35.9 Å². The summed E-state index contributed by atoms with van der Waals surface area (Å²) in [6.07, 6.45) is 5.59. The maximum atomic E-state index is 5.14. The number of ether oxygens (including phenoxy) is 1. The van der Waals surface area contributed by atoms with Crippen LogP contribution >= 0.6 is 0 Å². The lowest BCUT2D eigenvalue weighted by molar-refractivity contribution is 0.324. The minimum absolute atomic E-state index is 0.904. The maximum absolute atomic E-state index is 5.14. The molecule has 3 nitrogen and oxygen atoms in total. The van der Waals surface area contributed by atoms with E-state index in [-0.39, 0.29) is 0 Å². The van der Waals surface area contributed by atoms with Crippen LogP contribution in [0.4, 0.5) is 0 Å². The van der Waals surface area contributed by atoms with Gasteiger partial charge in [-0.3, -0.25) is 4.90 Å². The third-order valence-corrected chi connectivity index (χ3v) is 3.15. The van der Waals surface area contributed by atoms with Gasteiger partial charge in [0.15, 0.2) is 0 Å². The molecular weight excluding hydrogens is 224 g/mol. The topological polar surface area (TPSA) is 26.6 Å². The van der Waals surface area contributed by atoms with Gasteiger partial charge in [0.2, 0.25) is 0 Å². The second-order valence-corrected chi connectivity index (χ2v) is 4.50. The van der Waals surface area contributed by atoms with Gasteiger partial charge >= 0.3 is 0 Å². The summed E-state index contributed by atoms with van der Waals surface area (Å²) in [5.41, 5.74) is 1.22. The summed E-state index contributed by atoms with van der Waals surface area (Å²) in [6, 6.07) is 8.13. The van der Waals surface area contributed by atoms with E-state index in [2.05, 4.69) is 34.5 Å². The number of hydrogen-bond donors (Lipinski definition) is 0. The molecule has 0 saturated carbocycles. The van der Waals surface area contributed by atoms with E-state index in [1.54, 1.807) is 7.11 Å². The molecule has 0 aliphatic carbocycles. The van der Waals surface area contributed by atoms with Crippen LogP contribution in [0.1, 0.15) is 12.0 Å². The highest BCUT2D eigenvalue weighted by molar-refractivity contribution is 5.50. The Morgan fingerprint density at radius 1 is 1.22 bits per heavy atom. The minimum Gasteiger partial charge on any atom is -0.497 e. The van der Waals surface area contributed by atoms with Crippen LogP contribution in [0.2, 0.25) is 0 Å². The van der Waals surface area contributed by atoms with Crippen LogP contribution in [-0.4, -0.2) is 44.7 Å². The van der Waals surface area contributed by atoms with Crippen molar-refractivity contribution in [3.63, 3.8) is 0 Å². The molecule has 1 fully saturated rings. The van der Waals surface area contributed by atoms with Crippen molar-refractivity contribution in [1.82, 2.24) is 10.2 Å². The summed E-state index contributed by atoms with van der Waals surface area (Å²) in [5.74, 6) is 0.904. The first-order valence-electron chi connectivity index (χ1n) is 6.55. The molecule has 18 heavy (non-hydrogen) atoms. The molecule has 0 bridgehead atoms. The van der Waals surface area contributed by atoms with Gasteiger partial charge in [-0.05, 0) is 30.7 Å². The molecule has 3 heteroatoms. The summed E-state index contributed by atoms with van der Waals surface area (Å²) in [7, 11) is 1.69. The van der Waals surface area contributed by atoms with Gasteiger partial charge < -0.3 is 4.74 Å². The Hall–Kier alpha value is -1.32. The molecule has 0 amide bonds. The van der Waals surface area contributed by atoms with Gasteiger partial charge in [-0.15, -0.1) is 0 Å². The first-order chi connectivity index (χ1) is 8.88. The number of methoxy groups -OCH3 is 1. The maximum Gasteiger partial charge on any atom is 0.118 e. The fourth-order valence-corrected chi connectivity index (χ4v) is 2.08. The molecular formula is C15H21N2O. The van der Waals surface area contributed by atoms with Crippen LogP contribution in [0.25, 0.3) is 6.08 Å². The zero-order valence-electron chi connectivity index (χ0n) is 11.0. The number of rotatable bonds is 4. The van der Waals surface area contributed by atoms with Crippen LogP contribution in [0.3, 0.4) is 0 Å². The van der Waals surface area contributed by atoms with Crippen LogP contribution < -0.4 is 10.1 Å². The van der Waals surface area contributed by atoms with E-state index < -0.39 is 0 Å². The molecule has 0 atom stereocenters. The smallest absolute Gasteiger partial charge is 0.118 e. The monoisotopic (exact) mass is 245 g/mol. The first-order valence-corrected chi connectivity index (χ1v) is 6.55. The van der Waals surface area contributed by atoms with Crippen molar-refractivity contribution in [2.45, 2.75) is 6.42 Å². The first kappa shape index (κ1) is 13.1. The predicted molar refractivity (Wildman–Crippen MR) is 75.0 cm³/mol. The molecule has 1 aromatic rings. The molecule has 0 unspecified atom stereocenters. The van der Waals surface area contributed by atoms with E-state index in [1.165, 1.54) is 12.0 Å². The zero-order valence-corrected chi connectivity index (χ0v) is 11.0. The average molecular weight is 245 g/mol. The summed E-state index contributed by atoms with van der Waals surface area (Å²) < 4.78 is 5.14. The Balaban J connectivity index is 1.82. The SMILES string of the molecule is COc1ccc(C=CCN2CCC[N]CC2)cc1. The molecule has 1 saturated heterocycles.